The van der Waals surface area contributed by atoms with E-state index in [0.717, 1.165) is 0 Å². The number of anilines is 1. The molecule has 0 unspecified atom stereocenters. The number of aromatic nitrogens is 2. The van der Waals surface area contributed by atoms with Gasteiger partial charge in [-0.3, -0.25) is 19.9 Å². The summed E-state index contributed by atoms with van der Waals surface area (Å²) < 4.78 is 4.68. The van der Waals surface area contributed by atoms with Crippen molar-refractivity contribution in [3.8, 4) is 0 Å². The Bertz CT molecular complexity index is 687. The van der Waals surface area contributed by atoms with E-state index in [9.17, 15) is 14.9 Å². The molecule has 2 N–H and O–H groups in total. The van der Waals surface area contributed by atoms with Crippen LogP contribution in [-0.4, -0.2) is 21.1 Å². The van der Waals surface area contributed by atoms with Gasteiger partial charge in [-0.1, -0.05) is 0 Å². The topological polar surface area (TPSA) is 126 Å². The molecule has 2 rings (SSSR count). The zero-order valence-electron chi connectivity index (χ0n) is 9.78. The van der Waals surface area contributed by atoms with E-state index in [1.807, 2.05) is 0 Å². The van der Waals surface area contributed by atoms with Gasteiger partial charge in [-0.2, -0.15) is 5.10 Å². The molecule has 0 fully saturated rings. The van der Waals surface area contributed by atoms with Gasteiger partial charge in [-0.25, -0.2) is 10.4 Å². The third-order valence-electron chi connectivity index (χ3n) is 2.04. The fourth-order valence-electron chi connectivity index (χ4n) is 1.30. The molecule has 19 heavy (non-hydrogen) atoms. The van der Waals surface area contributed by atoms with Crippen LogP contribution in [-0.2, 0) is 0 Å². The Morgan fingerprint density at radius 2 is 2.37 bits per heavy atom. The summed E-state index contributed by atoms with van der Waals surface area (Å²) in [4.78, 5) is 27.3. The quantitative estimate of drug-likeness (QED) is 0.481. The van der Waals surface area contributed by atoms with Crippen molar-refractivity contribution in [2.75, 3.05) is 5.43 Å². The lowest BCUT2D eigenvalue weighted by atomic mass is 10.4. The van der Waals surface area contributed by atoms with E-state index >= 15 is 0 Å². The Kier molecular flexibility index (Phi) is 3.37. The number of hydrogen-bond donors (Lipinski definition) is 2. The molecule has 0 aliphatic heterocycles. The summed E-state index contributed by atoms with van der Waals surface area (Å²) in [5.74, 6) is -0.192. The predicted molar refractivity (Wildman–Crippen MR) is 66.2 cm³/mol. The van der Waals surface area contributed by atoms with Crippen LogP contribution in [0.1, 0.15) is 11.3 Å². The van der Waals surface area contributed by atoms with Crippen LogP contribution in [0.5, 0.6) is 0 Å². The first-order chi connectivity index (χ1) is 9.04. The molecular weight excluding hydrogens is 254 g/mol. The number of hydrazone groups is 1. The molecule has 0 saturated carbocycles. The van der Waals surface area contributed by atoms with Crippen molar-refractivity contribution in [3.63, 3.8) is 0 Å². The van der Waals surface area contributed by atoms with Gasteiger partial charge in [-0.15, -0.1) is 0 Å². The monoisotopic (exact) mass is 263 g/mol. The molecule has 0 atom stereocenters. The molecule has 2 aromatic heterocycles. The second-order valence-electron chi connectivity index (χ2n) is 3.58. The SMILES string of the molecule is Cc1cc(=O)[nH]c(N/N=C/c2coc([N+](=O)[O-])c2)n1. The van der Waals surface area contributed by atoms with Crippen LogP contribution in [0.25, 0.3) is 0 Å². The zero-order chi connectivity index (χ0) is 13.8. The standard InChI is InChI=1S/C10H9N5O4/c1-6-2-8(16)13-10(12-6)14-11-4-7-3-9(15(17)18)19-5-7/h2-5H,1H3,(H2,12,13,14,16)/b11-4+. The number of H-pyrrole nitrogens is 1. The molecule has 0 aliphatic rings. The number of nitro groups is 1. The second kappa shape index (κ2) is 5.12. The fraction of sp³-hybridized carbons (Fsp3) is 0.100. The van der Waals surface area contributed by atoms with Gasteiger partial charge in [0, 0.05) is 17.3 Å². The number of furan rings is 1. The second-order valence-corrected chi connectivity index (χ2v) is 3.58. The average molecular weight is 263 g/mol. The molecule has 0 saturated heterocycles. The summed E-state index contributed by atoms with van der Waals surface area (Å²) >= 11 is 0. The van der Waals surface area contributed by atoms with E-state index in [-0.39, 0.29) is 17.4 Å². The fourth-order valence-corrected chi connectivity index (χ4v) is 1.30. The van der Waals surface area contributed by atoms with Gasteiger partial charge in [-0.05, 0) is 6.92 Å². The van der Waals surface area contributed by atoms with Crippen LogP contribution in [0.3, 0.4) is 0 Å². The van der Waals surface area contributed by atoms with E-state index < -0.39 is 4.92 Å². The molecule has 0 spiro atoms. The summed E-state index contributed by atoms with van der Waals surface area (Å²) in [6.45, 7) is 1.67. The van der Waals surface area contributed by atoms with Gasteiger partial charge < -0.3 is 4.42 Å². The molecule has 2 aromatic rings. The van der Waals surface area contributed by atoms with Crippen LogP contribution in [0, 0.1) is 17.0 Å². The number of rotatable bonds is 4. The first-order valence-corrected chi connectivity index (χ1v) is 5.14. The molecule has 9 heteroatoms. The Hall–Kier alpha value is -2.97. The summed E-state index contributed by atoms with van der Waals surface area (Å²) in [5, 5.41) is 14.2. The zero-order valence-corrected chi connectivity index (χ0v) is 9.78. The van der Waals surface area contributed by atoms with E-state index in [1.54, 1.807) is 6.92 Å². The van der Waals surface area contributed by atoms with E-state index in [0.29, 0.717) is 11.3 Å². The Balaban J connectivity index is 2.06. The maximum Gasteiger partial charge on any atom is 0.433 e. The van der Waals surface area contributed by atoms with E-state index in [2.05, 4.69) is 24.9 Å². The van der Waals surface area contributed by atoms with Crippen LogP contribution in [0.2, 0.25) is 0 Å². The highest BCUT2D eigenvalue weighted by Crippen LogP contribution is 2.13. The van der Waals surface area contributed by atoms with Crippen molar-refractivity contribution in [2.24, 2.45) is 5.10 Å². The molecule has 0 bridgehead atoms. The Morgan fingerprint density at radius 1 is 1.58 bits per heavy atom. The van der Waals surface area contributed by atoms with Crippen LogP contribution in [0.15, 0.2) is 32.7 Å². The maximum atomic E-state index is 11.1. The van der Waals surface area contributed by atoms with Crippen molar-refractivity contribution in [1.82, 2.24) is 9.97 Å². The van der Waals surface area contributed by atoms with Crippen LogP contribution in [0.4, 0.5) is 11.8 Å². The Labute approximate surface area is 106 Å². The summed E-state index contributed by atoms with van der Waals surface area (Å²) in [5.41, 5.74) is 3.16. The minimum atomic E-state index is -0.648. The first-order valence-electron chi connectivity index (χ1n) is 5.14. The molecular formula is C10H9N5O4. The molecule has 0 aliphatic carbocycles. The third kappa shape index (κ3) is 3.25. The number of hydrogen-bond acceptors (Lipinski definition) is 7. The van der Waals surface area contributed by atoms with Crippen molar-refractivity contribution in [1.29, 1.82) is 0 Å². The molecule has 0 aromatic carbocycles. The normalized spacial score (nSPS) is 10.8. The van der Waals surface area contributed by atoms with Crippen LogP contribution >= 0.6 is 0 Å². The number of nitrogens with one attached hydrogen (secondary N) is 2. The van der Waals surface area contributed by atoms with E-state index in [4.69, 9.17) is 0 Å². The van der Waals surface area contributed by atoms with Gasteiger partial charge in [0.15, 0.2) is 0 Å². The minimum Gasteiger partial charge on any atom is -0.409 e. The molecule has 9 nitrogen and oxygen atoms in total. The molecule has 2 heterocycles. The van der Waals surface area contributed by atoms with Crippen molar-refractivity contribution < 1.29 is 9.34 Å². The molecule has 0 radical (unpaired) electrons. The number of nitrogens with zero attached hydrogens (tertiary/aromatic N) is 3. The minimum absolute atomic E-state index is 0.180. The summed E-state index contributed by atoms with van der Waals surface area (Å²) in [6, 6.07) is 2.56. The van der Waals surface area contributed by atoms with Crippen molar-refractivity contribution >= 4 is 18.0 Å². The Morgan fingerprint density at radius 3 is 3.00 bits per heavy atom. The van der Waals surface area contributed by atoms with Gasteiger partial charge in [0.25, 0.3) is 5.56 Å². The first kappa shape index (κ1) is 12.5. The lowest BCUT2D eigenvalue weighted by Gasteiger charge is -1.98. The van der Waals surface area contributed by atoms with Crippen molar-refractivity contribution in [3.05, 3.63) is 50.1 Å². The number of aryl methyl sites for hydroxylation is 1. The lowest BCUT2D eigenvalue weighted by molar-refractivity contribution is -0.402. The smallest absolute Gasteiger partial charge is 0.409 e. The average Bonchev–Trinajstić information content (AvgIpc) is 2.76. The highest BCUT2D eigenvalue weighted by atomic mass is 16.6. The van der Waals surface area contributed by atoms with Gasteiger partial charge in [0.2, 0.25) is 5.95 Å². The largest absolute Gasteiger partial charge is 0.433 e. The van der Waals surface area contributed by atoms with Crippen LogP contribution < -0.4 is 11.0 Å². The maximum absolute atomic E-state index is 11.1. The van der Waals surface area contributed by atoms with Gasteiger partial charge >= 0.3 is 5.88 Å². The highest BCUT2D eigenvalue weighted by Gasteiger charge is 2.10. The van der Waals surface area contributed by atoms with E-state index in [1.165, 1.54) is 24.6 Å². The third-order valence-corrected chi connectivity index (χ3v) is 2.04. The lowest BCUT2D eigenvalue weighted by Crippen LogP contribution is -2.10. The summed E-state index contributed by atoms with van der Waals surface area (Å²) in [6.07, 6.45) is 2.49. The highest BCUT2D eigenvalue weighted by molar-refractivity contribution is 5.80. The van der Waals surface area contributed by atoms with Gasteiger partial charge in [0.05, 0.1) is 12.3 Å². The van der Waals surface area contributed by atoms with Gasteiger partial charge in [0.1, 0.15) is 11.2 Å². The summed E-state index contributed by atoms with van der Waals surface area (Å²) in [7, 11) is 0. The molecule has 98 valence electrons. The predicted octanol–water partition coefficient (Wildman–Crippen LogP) is 1.03. The van der Waals surface area contributed by atoms with Crippen molar-refractivity contribution in [2.45, 2.75) is 6.92 Å². The molecule has 0 amide bonds. The number of aromatic amines is 1.